The van der Waals surface area contributed by atoms with Gasteiger partial charge in [0.2, 0.25) is 0 Å². The maximum atomic E-state index is 2.32. The van der Waals surface area contributed by atoms with Crippen LogP contribution in [0.25, 0.3) is 0 Å². The van der Waals surface area contributed by atoms with Gasteiger partial charge >= 0.3 is 0 Å². The number of hydrogen-bond donors (Lipinski definition) is 0. The van der Waals surface area contributed by atoms with E-state index in [-0.39, 0.29) is 24.0 Å². The Morgan fingerprint density at radius 1 is 0.579 bits per heavy atom. The average molecular weight is 641 g/mol. The predicted molar refractivity (Wildman–Crippen MR) is 181 cm³/mol. The first kappa shape index (κ1) is 31.3. The molecule has 3 aromatic carbocycles. The van der Waals surface area contributed by atoms with Gasteiger partial charge in [0.05, 0.1) is 0 Å². The number of rotatable bonds is 8. The molecule has 0 unspecified atom stereocenters. The molecule has 0 bridgehead atoms. The van der Waals surface area contributed by atoms with Crippen molar-refractivity contribution >= 4 is 47.8 Å². The molecule has 3 aromatic rings. The number of benzene rings is 3. The van der Waals surface area contributed by atoms with E-state index >= 15 is 0 Å². The van der Waals surface area contributed by atoms with Gasteiger partial charge in [-0.25, -0.2) is 0 Å². The maximum absolute atomic E-state index is 2.32. The second kappa shape index (κ2) is 17.5. The molecule has 2 aliphatic carbocycles. The predicted octanol–water partition coefficient (Wildman–Crippen LogP) is 10.3. The topological polar surface area (TPSA) is 0 Å². The van der Waals surface area contributed by atoms with Crippen molar-refractivity contribution in [1.82, 2.24) is 0 Å². The third-order valence-corrected chi connectivity index (χ3v) is 11.2. The van der Waals surface area contributed by atoms with Crippen LogP contribution < -0.4 is 15.9 Å². The molecule has 0 saturated heterocycles. The summed E-state index contributed by atoms with van der Waals surface area (Å²) in [4.78, 5) is 0. The van der Waals surface area contributed by atoms with Crippen molar-refractivity contribution in [2.45, 2.75) is 97.3 Å². The smallest absolute Gasteiger partial charge is 0.0134 e. The quantitative estimate of drug-likeness (QED) is 0.131. The zero-order valence-electron chi connectivity index (χ0n) is 23.9. The summed E-state index contributed by atoms with van der Waals surface area (Å²) in [5.74, 6) is 3.35. The van der Waals surface area contributed by atoms with Gasteiger partial charge in [-0.3, -0.25) is 0 Å². The minimum absolute atomic E-state index is 0. The number of halogens is 1. The lowest BCUT2D eigenvalue weighted by molar-refractivity contribution is 0.162. The molecule has 0 N–H and O–H groups in total. The Morgan fingerprint density at radius 2 is 1.08 bits per heavy atom. The van der Waals surface area contributed by atoms with Crippen LogP contribution in [-0.4, -0.2) is 0 Å². The van der Waals surface area contributed by atoms with Crippen LogP contribution in [0, 0.1) is 24.7 Å². The van der Waals surface area contributed by atoms with Gasteiger partial charge in [-0.05, 0) is 61.4 Å². The third-order valence-electron chi connectivity index (χ3n) is 8.74. The number of aryl methyl sites for hydroxylation is 1. The Bertz CT molecular complexity index is 947. The van der Waals surface area contributed by atoms with Gasteiger partial charge in [0, 0.05) is 0 Å². The first-order valence-electron chi connectivity index (χ1n) is 15.2. The van der Waals surface area contributed by atoms with Crippen molar-refractivity contribution in [2.75, 3.05) is 0 Å². The van der Waals surface area contributed by atoms with Gasteiger partial charge in [0.15, 0.2) is 0 Å². The summed E-state index contributed by atoms with van der Waals surface area (Å²) >= 11 is 0. The monoisotopic (exact) mass is 640 g/mol. The molecule has 2 aliphatic rings. The Morgan fingerprint density at radius 3 is 1.61 bits per heavy atom. The van der Waals surface area contributed by atoms with Crippen LogP contribution in [0.4, 0.5) is 0 Å². The molecule has 0 heterocycles. The average Bonchev–Trinajstić information content (AvgIpc) is 2.97. The molecule has 0 radical (unpaired) electrons. The molecule has 38 heavy (non-hydrogen) atoms. The lowest BCUT2D eigenvalue weighted by Crippen LogP contribution is -2.23. The van der Waals surface area contributed by atoms with E-state index in [0.29, 0.717) is 0 Å². The molecule has 2 heteroatoms. The van der Waals surface area contributed by atoms with E-state index in [1.54, 1.807) is 38.5 Å². The summed E-state index contributed by atoms with van der Waals surface area (Å²) < 4.78 is 0. The molecule has 206 valence electrons. The zero-order chi connectivity index (χ0) is 25.7. The lowest BCUT2D eigenvalue weighted by atomic mass is 9.70. The maximum Gasteiger partial charge on any atom is -0.0134 e. The van der Waals surface area contributed by atoms with Crippen LogP contribution >= 0.6 is 31.9 Å². The molecule has 0 amide bonds. The highest BCUT2D eigenvalue weighted by molar-refractivity contribution is 14.0. The van der Waals surface area contributed by atoms with E-state index in [4.69, 9.17) is 0 Å². The van der Waals surface area contributed by atoms with Crippen molar-refractivity contribution in [3.05, 3.63) is 90.5 Å². The summed E-state index contributed by atoms with van der Waals surface area (Å²) in [6.45, 7) is 4.46. The number of hydrogen-bond acceptors (Lipinski definition) is 0. The molecule has 0 aliphatic heterocycles. The van der Waals surface area contributed by atoms with Crippen molar-refractivity contribution in [1.29, 1.82) is 0 Å². The summed E-state index contributed by atoms with van der Waals surface area (Å²) in [6, 6.07) is 30.5. The molecule has 0 nitrogen and oxygen atoms in total. The van der Waals surface area contributed by atoms with Gasteiger partial charge in [0.25, 0.3) is 0 Å². The molecule has 0 aromatic heterocycles. The fourth-order valence-corrected chi connectivity index (χ4v) is 8.81. The highest BCUT2D eigenvalue weighted by Gasteiger charge is 2.28. The third kappa shape index (κ3) is 9.78. The summed E-state index contributed by atoms with van der Waals surface area (Å²) in [5.41, 5.74) is 1.31. The Balaban J connectivity index is 0.000000208. The SMILES string of the molecule is CCCCCC1CCC(C2CCCCC2)CC1.Cc1ccc(P(c2ccccc2)c2ccccc2)cc1.I. The second-order valence-electron chi connectivity index (χ2n) is 11.5. The van der Waals surface area contributed by atoms with Crippen LogP contribution in [0.3, 0.4) is 0 Å². The molecule has 0 spiro atoms. The van der Waals surface area contributed by atoms with Crippen LogP contribution in [0.5, 0.6) is 0 Å². The second-order valence-corrected chi connectivity index (χ2v) is 13.7. The first-order valence-corrected chi connectivity index (χ1v) is 16.6. The number of unbranched alkanes of at least 4 members (excludes halogenated alkanes) is 2. The van der Waals surface area contributed by atoms with Crippen LogP contribution in [0.1, 0.15) is 96.0 Å². The Hall–Kier alpha value is -1.18. The van der Waals surface area contributed by atoms with E-state index in [9.17, 15) is 0 Å². The first-order chi connectivity index (χ1) is 18.2. The zero-order valence-corrected chi connectivity index (χ0v) is 27.1. The molecule has 0 atom stereocenters. The summed E-state index contributed by atoms with van der Waals surface area (Å²) in [7, 11) is -0.458. The van der Waals surface area contributed by atoms with Gasteiger partial charge in [-0.1, -0.05) is 168 Å². The Labute approximate surface area is 252 Å². The van der Waals surface area contributed by atoms with Crippen molar-refractivity contribution in [3.63, 3.8) is 0 Å². The van der Waals surface area contributed by atoms with Crippen LogP contribution in [0.15, 0.2) is 84.9 Å². The highest BCUT2D eigenvalue weighted by Crippen LogP contribution is 2.41. The lowest BCUT2D eigenvalue weighted by Gasteiger charge is -2.36. The van der Waals surface area contributed by atoms with Crippen molar-refractivity contribution < 1.29 is 0 Å². The van der Waals surface area contributed by atoms with Gasteiger partial charge in [-0.2, -0.15) is 0 Å². The molecular formula is C36H50IP. The van der Waals surface area contributed by atoms with E-state index in [1.165, 1.54) is 66.4 Å². The van der Waals surface area contributed by atoms with Gasteiger partial charge in [0.1, 0.15) is 0 Å². The van der Waals surface area contributed by atoms with Crippen LogP contribution in [-0.2, 0) is 0 Å². The normalized spacial score (nSPS) is 19.8. The molecule has 2 fully saturated rings. The van der Waals surface area contributed by atoms with E-state index in [1.807, 2.05) is 0 Å². The fraction of sp³-hybridized carbons (Fsp3) is 0.500. The van der Waals surface area contributed by atoms with E-state index < -0.39 is 7.92 Å². The van der Waals surface area contributed by atoms with Gasteiger partial charge in [-0.15, -0.1) is 24.0 Å². The molecule has 5 rings (SSSR count). The fourth-order valence-electron chi connectivity index (χ4n) is 6.53. The van der Waals surface area contributed by atoms with Crippen molar-refractivity contribution in [2.24, 2.45) is 17.8 Å². The standard InChI is InChI=1S/C19H17P.C17H32.HI/c1-16-12-14-19(15-13-16)20(17-8-4-2-5-9-17)18-10-6-3-7-11-18;1-2-3-5-8-15-11-13-17(14-12-15)16-9-6-4-7-10-16;/h2-15H,1H3;15-17H,2-14H2,1H3;1H. The highest BCUT2D eigenvalue weighted by atomic mass is 127. The minimum atomic E-state index is -0.458. The molecular weight excluding hydrogens is 590 g/mol. The largest absolute Gasteiger partial charge is 0.107 e. The molecule has 2 saturated carbocycles. The minimum Gasteiger partial charge on any atom is -0.107 e. The van der Waals surface area contributed by atoms with Crippen molar-refractivity contribution in [3.8, 4) is 0 Å². The van der Waals surface area contributed by atoms with E-state index in [0.717, 1.165) is 17.8 Å². The summed E-state index contributed by atoms with van der Waals surface area (Å²) in [6.07, 6.45) is 19.8. The van der Waals surface area contributed by atoms with E-state index in [2.05, 4.69) is 98.8 Å². The Kier molecular flexibility index (Phi) is 14.4. The van der Waals surface area contributed by atoms with Gasteiger partial charge < -0.3 is 0 Å². The summed E-state index contributed by atoms with van der Waals surface area (Å²) in [5, 5.41) is 4.21. The van der Waals surface area contributed by atoms with Crippen LogP contribution in [0.2, 0.25) is 0 Å².